The lowest BCUT2D eigenvalue weighted by Gasteiger charge is -2.14. The molecule has 0 spiro atoms. The maximum absolute atomic E-state index is 6.19. The van der Waals surface area contributed by atoms with Crippen LogP contribution in [0.25, 0.3) is 0 Å². The molecule has 102 valence electrons. The summed E-state index contributed by atoms with van der Waals surface area (Å²) in [6, 6.07) is 3.69. The van der Waals surface area contributed by atoms with E-state index in [1.54, 1.807) is 6.07 Å². The maximum Gasteiger partial charge on any atom is 0.141 e. The van der Waals surface area contributed by atoms with Crippen LogP contribution in [0.4, 0.5) is 0 Å². The van der Waals surface area contributed by atoms with Crippen molar-refractivity contribution in [1.82, 2.24) is 4.90 Å². The second-order valence-corrected chi connectivity index (χ2v) is 5.47. The standard InChI is InChI=1S/C14H21Cl2NO/c1-4-8-18-14-11(6-5-7-17(2)3)9-12(15)10-13(14)16/h9-10H,4-8H2,1-3H3. The first-order valence-corrected chi connectivity index (χ1v) is 7.05. The summed E-state index contributed by atoms with van der Waals surface area (Å²) in [6.07, 6.45) is 2.96. The molecule has 0 saturated carbocycles. The van der Waals surface area contributed by atoms with Crippen LogP contribution in [-0.4, -0.2) is 32.1 Å². The molecule has 0 fully saturated rings. The molecule has 0 bridgehead atoms. The highest BCUT2D eigenvalue weighted by Gasteiger charge is 2.10. The monoisotopic (exact) mass is 289 g/mol. The molecule has 0 radical (unpaired) electrons. The smallest absolute Gasteiger partial charge is 0.141 e. The Labute approximate surface area is 120 Å². The second-order valence-electron chi connectivity index (χ2n) is 4.63. The van der Waals surface area contributed by atoms with E-state index in [4.69, 9.17) is 27.9 Å². The van der Waals surface area contributed by atoms with E-state index in [0.717, 1.165) is 37.1 Å². The van der Waals surface area contributed by atoms with Crippen LogP contribution in [0.2, 0.25) is 10.0 Å². The molecule has 0 N–H and O–H groups in total. The van der Waals surface area contributed by atoms with E-state index in [1.807, 2.05) is 6.07 Å². The normalized spacial score (nSPS) is 11.0. The van der Waals surface area contributed by atoms with Gasteiger partial charge in [-0.05, 0) is 57.6 Å². The minimum Gasteiger partial charge on any atom is -0.492 e. The van der Waals surface area contributed by atoms with Gasteiger partial charge in [0, 0.05) is 5.02 Å². The van der Waals surface area contributed by atoms with Crippen molar-refractivity contribution >= 4 is 23.2 Å². The summed E-state index contributed by atoms with van der Waals surface area (Å²) in [5.74, 6) is 0.793. The minimum atomic E-state index is 0.607. The fourth-order valence-electron chi connectivity index (χ4n) is 1.75. The van der Waals surface area contributed by atoms with Crippen molar-refractivity contribution in [1.29, 1.82) is 0 Å². The summed E-state index contributed by atoms with van der Waals surface area (Å²) >= 11 is 12.2. The Balaban J connectivity index is 2.78. The molecule has 0 amide bonds. The molecule has 4 heteroatoms. The van der Waals surface area contributed by atoms with Crippen LogP contribution >= 0.6 is 23.2 Å². The zero-order chi connectivity index (χ0) is 13.5. The van der Waals surface area contributed by atoms with Crippen molar-refractivity contribution < 1.29 is 4.74 Å². The van der Waals surface area contributed by atoms with E-state index >= 15 is 0 Å². The summed E-state index contributed by atoms with van der Waals surface area (Å²) in [7, 11) is 4.14. The van der Waals surface area contributed by atoms with E-state index in [9.17, 15) is 0 Å². The highest BCUT2D eigenvalue weighted by molar-refractivity contribution is 6.35. The molecule has 0 atom stereocenters. The minimum absolute atomic E-state index is 0.607. The van der Waals surface area contributed by atoms with Crippen LogP contribution < -0.4 is 4.74 Å². The van der Waals surface area contributed by atoms with Crippen LogP contribution in [0.1, 0.15) is 25.3 Å². The van der Waals surface area contributed by atoms with Gasteiger partial charge in [-0.15, -0.1) is 0 Å². The van der Waals surface area contributed by atoms with Gasteiger partial charge in [-0.3, -0.25) is 0 Å². The van der Waals surface area contributed by atoms with Gasteiger partial charge in [0.15, 0.2) is 0 Å². The predicted molar refractivity (Wildman–Crippen MR) is 79.1 cm³/mol. The Kier molecular flexibility index (Phi) is 6.83. The molecule has 1 rings (SSSR count). The lowest BCUT2D eigenvalue weighted by molar-refractivity contribution is 0.313. The van der Waals surface area contributed by atoms with Crippen molar-refractivity contribution in [3.05, 3.63) is 27.7 Å². The zero-order valence-electron chi connectivity index (χ0n) is 11.3. The SMILES string of the molecule is CCCOc1c(Cl)cc(Cl)cc1CCCN(C)C. The predicted octanol–water partition coefficient (Wildman–Crippen LogP) is 4.28. The number of ether oxygens (including phenoxy) is 1. The summed E-state index contributed by atoms with van der Waals surface area (Å²) in [4.78, 5) is 2.17. The van der Waals surface area contributed by atoms with Crippen molar-refractivity contribution in [2.45, 2.75) is 26.2 Å². The Morgan fingerprint density at radius 1 is 1.22 bits per heavy atom. The van der Waals surface area contributed by atoms with Gasteiger partial charge in [0.2, 0.25) is 0 Å². The zero-order valence-corrected chi connectivity index (χ0v) is 12.8. The van der Waals surface area contributed by atoms with Gasteiger partial charge in [-0.25, -0.2) is 0 Å². The Bertz CT molecular complexity index is 380. The molecule has 0 aliphatic rings. The van der Waals surface area contributed by atoms with E-state index in [1.165, 1.54) is 0 Å². The van der Waals surface area contributed by atoms with Gasteiger partial charge >= 0.3 is 0 Å². The molecule has 0 aliphatic carbocycles. The van der Waals surface area contributed by atoms with Crippen molar-refractivity contribution in [2.75, 3.05) is 27.2 Å². The third-order valence-electron chi connectivity index (χ3n) is 2.59. The van der Waals surface area contributed by atoms with Gasteiger partial charge in [-0.2, -0.15) is 0 Å². The number of halogens is 2. The first kappa shape index (κ1) is 15.6. The van der Waals surface area contributed by atoms with E-state index < -0.39 is 0 Å². The Hall–Kier alpha value is -0.440. The van der Waals surface area contributed by atoms with Gasteiger partial charge in [0.05, 0.1) is 11.6 Å². The number of hydrogen-bond donors (Lipinski definition) is 0. The van der Waals surface area contributed by atoms with E-state index in [-0.39, 0.29) is 0 Å². The molecular weight excluding hydrogens is 269 g/mol. The number of aryl methyl sites for hydroxylation is 1. The fraction of sp³-hybridized carbons (Fsp3) is 0.571. The highest BCUT2D eigenvalue weighted by atomic mass is 35.5. The molecule has 0 saturated heterocycles. The fourth-order valence-corrected chi connectivity index (χ4v) is 2.34. The van der Waals surface area contributed by atoms with Crippen LogP contribution in [0.5, 0.6) is 5.75 Å². The quantitative estimate of drug-likeness (QED) is 0.743. The van der Waals surface area contributed by atoms with Gasteiger partial charge in [0.1, 0.15) is 5.75 Å². The van der Waals surface area contributed by atoms with Crippen molar-refractivity contribution in [3.63, 3.8) is 0 Å². The number of hydrogen-bond acceptors (Lipinski definition) is 2. The summed E-state index contributed by atoms with van der Waals surface area (Å²) < 4.78 is 5.73. The summed E-state index contributed by atoms with van der Waals surface area (Å²) in [5, 5.41) is 1.28. The van der Waals surface area contributed by atoms with Crippen LogP contribution in [0, 0.1) is 0 Å². The Morgan fingerprint density at radius 3 is 2.56 bits per heavy atom. The van der Waals surface area contributed by atoms with E-state index in [2.05, 4.69) is 25.9 Å². The highest BCUT2D eigenvalue weighted by Crippen LogP contribution is 2.33. The molecule has 0 aliphatic heterocycles. The molecule has 0 heterocycles. The van der Waals surface area contributed by atoms with Crippen molar-refractivity contribution in [2.24, 2.45) is 0 Å². The van der Waals surface area contributed by atoms with Gasteiger partial charge < -0.3 is 9.64 Å². The maximum atomic E-state index is 6.19. The number of benzene rings is 1. The summed E-state index contributed by atoms with van der Waals surface area (Å²) in [5.41, 5.74) is 1.10. The van der Waals surface area contributed by atoms with Gasteiger partial charge in [-0.1, -0.05) is 30.1 Å². The van der Waals surface area contributed by atoms with Crippen LogP contribution in [-0.2, 0) is 6.42 Å². The molecular formula is C14H21Cl2NO. The first-order chi connectivity index (χ1) is 8.54. The molecule has 0 aromatic heterocycles. The lowest BCUT2D eigenvalue weighted by Crippen LogP contribution is -2.13. The molecule has 1 aromatic rings. The first-order valence-electron chi connectivity index (χ1n) is 6.30. The number of rotatable bonds is 7. The largest absolute Gasteiger partial charge is 0.492 e. The Morgan fingerprint density at radius 2 is 1.94 bits per heavy atom. The average Bonchev–Trinajstić information content (AvgIpc) is 2.27. The van der Waals surface area contributed by atoms with Gasteiger partial charge in [0.25, 0.3) is 0 Å². The second kappa shape index (κ2) is 7.88. The van der Waals surface area contributed by atoms with Crippen molar-refractivity contribution in [3.8, 4) is 5.75 Å². The molecule has 0 unspecified atom stereocenters. The summed E-state index contributed by atoms with van der Waals surface area (Å²) in [6.45, 7) is 3.80. The molecule has 2 nitrogen and oxygen atoms in total. The lowest BCUT2D eigenvalue weighted by atomic mass is 10.1. The molecule has 1 aromatic carbocycles. The average molecular weight is 290 g/mol. The topological polar surface area (TPSA) is 12.5 Å². The third kappa shape index (κ3) is 5.05. The molecule has 18 heavy (non-hydrogen) atoms. The number of nitrogens with zero attached hydrogens (tertiary/aromatic N) is 1. The van der Waals surface area contributed by atoms with E-state index in [0.29, 0.717) is 16.7 Å². The van der Waals surface area contributed by atoms with Crippen LogP contribution in [0.3, 0.4) is 0 Å². The van der Waals surface area contributed by atoms with Crippen LogP contribution in [0.15, 0.2) is 12.1 Å². The third-order valence-corrected chi connectivity index (χ3v) is 3.09.